The predicted molar refractivity (Wildman–Crippen MR) is 77.1 cm³/mol. The summed E-state index contributed by atoms with van der Waals surface area (Å²) in [5, 5.41) is 3.47. The first kappa shape index (κ1) is 13.6. The Morgan fingerprint density at radius 2 is 1.95 bits per heavy atom. The smallest absolute Gasteiger partial charge is 0.123 e. The van der Waals surface area contributed by atoms with Crippen LogP contribution in [-0.2, 0) is 6.54 Å². The van der Waals surface area contributed by atoms with E-state index in [1.807, 2.05) is 49.5 Å². The first-order chi connectivity index (χ1) is 9.31. The molecule has 0 spiro atoms. The van der Waals surface area contributed by atoms with Crippen LogP contribution in [0.15, 0.2) is 48.7 Å². The number of para-hydroxylation sites is 1. The van der Waals surface area contributed by atoms with Crippen molar-refractivity contribution >= 4 is 0 Å². The van der Waals surface area contributed by atoms with Crippen molar-refractivity contribution in [2.24, 2.45) is 0 Å². The minimum Gasteiger partial charge on any atom is -0.494 e. The third kappa shape index (κ3) is 3.80. The summed E-state index contributed by atoms with van der Waals surface area (Å²) in [6.07, 6.45) is 1.82. The summed E-state index contributed by atoms with van der Waals surface area (Å²) in [4.78, 5) is 4.36. The van der Waals surface area contributed by atoms with Crippen molar-refractivity contribution in [3.63, 3.8) is 0 Å². The summed E-state index contributed by atoms with van der Waals surface area (Å²) in [7, 11) is 0. The van der Waals surface area contributed by atoms with E-state index >= 15 is 0 Å². The van der Waals surface area contributed by atoms with E-state index in [2.05, 4.69) is 23.3 Å². The Hall–Kier alpha value is -1.87. The Balaban J connectivity index is 1.99. The molecule has 3 heteroatoms. The molecule has 1 atom stereocenters. The zero-order valence-electron chi connectivity index (χ0n) is 11.5. The molecule has 1 N–H and O–H groups in total. The van der Waals surface area contributed by atoms with E-state index in [1.165, 1.54) is 5.56 Å². The fraction of sp³-hybridized carbons (Fsp3) is 0.312. The Morgan fingerprint density at radius 3 is 2.68 bits per heavy atom. The van der Waals surface area contributed by atoms with Crippen molar-refractivity contribution in [3.8, 4) is 5.75 Å². The molecule has 2 rings (SSSR count). The van der Waals surface area contributed by atoms with Gasteiger partial charge in [0.25, 0.3) is 0 Å². The van der Waals surface area contributed by atoms with Gasteiger partial charge >= 0.3 is 0 Å². The van der Waals surface area contributed by atoms with Crippen LogP contribution in [0.5, 0.6) is 5.75 Å². The summed E-state index contributed by atoms with van der Waals surface area (Å²) >= 11 is 0. The Labute approximate surface area is 114 Å². The molecule has 0 bridgehead atoms. The second-order valence-electron chi connectivity index (χ2n) is 4.40. The highest BCUT2D eigenvalue weighted by atomic mass is 16.5. The van der Waals surface area contributed by atoms with Gasteiger partial charge in [-0.2, -0.15) is 0 Å². The maximum atomic E-state index is 5.62. The number of hydrogen-bond acceptors (Lipinski definition) is 3. The maximum absolute atomic E-state index is 5.62. The fourth-order valence-corrected chi connectivity index (χ4v) is 1.95. The average molecular weight is 256 g/mol. The van der Waals surface area contributed by atoms with Crippen LogP contribution < -0.4 is 10.1 Å². The number of aromatic nitrogens is 1. The molecule has 0 aliphatic carbocycles. The van der Waals surface area contributed by atoms with Crippen molar-refractivity contribution in [2.75, 3.05) is 6.61 Å². The van der Waals surface area contributed by atoms with Crippen LogP contribution in [0, 0.1) is 0 Å². The molecule has 1 unspecified atom stereocenters. The van der Waals surface area contributed by atoms with Crippen molar-refractivity contribution in [1.82, 2.24) is 10.3 Å². The molecule has 1 aromatic heterocycles. The molecule has 0 saturated carbocycles. The van der Waals surface area contributed by atoms with E-state index in [9.17, 15) is 0 Å². The number of rotatable bonds is 6. The highest BCUT2D eigenvalue weighted by Gasteiger charge is 2.07. The van der Waals surface area contributed by atoms with Gasteiger partial charge in [-0.3, -0.25) is 4.98 Å². The van der Waals surface area contributed by atoms with Crippen LogP contribution in [0.3, 0.4) is 0 Å². The van der Waals surface area contributed by atoms with Gasteiger partial charge in [-0.1, -0.05) is 24.3 Å². The molecular formula is C16H20N2O. The van der Waals surface area contributed by atoms with Crippen LogP contribution >= 0.6 is 0 Å². The Bertz CT molecular complexity index is 499. The molecule has 19 heavy (non-hydrogen) atoms. The van der Waals surface area contributed by atoms with Crippen LogP contribution in [0.1, 0.15) is 31.1 Å². The lowest BCUT2D eigenvalue weighted by Crippen LogP contribution is -2.19. The van der Waals surface area contributed by atoms with Crippen molar-refractivity contribution in [1.29, 1.82) is 0 Å². The molecule has 1 aromatic carbocycles. The largest absolute Gasteiger partial charge is 0.494 e. The van der Waals surface area contributed by atoms with Gasteiger partial charge < -0.3 is 10.1 Å². The van der Waals surface area contributed by atoms with Gasteiger partial charge in [0.1, 0.15) is 5.75 Å². The topological polar surface area (TPSA) is 34.1 Å². The van der Waals surface area contributed by atoms with E-state index in [1.54, 1.807) is 0 Å². The van der Waals surface area contributed by atoms with Gasteiger partial charge in [0, 0.05) is 24.3 Å². The molecule has 0 radical (unpaired) electrons. The Morgan fingerprint density at radius 1 is 1.16 bits per heavy atom. The molecule has 0 aliphatic heterocycles. The maximum Gasteiger partial charge on any atom is 0.123 e. The predicted octanol–water partition coefficient (Wildman–Crippen LogP) is 3.33. The number of nitrogens with one attached hydrogen (secondary N) is 1. The lowest BCUT2D eigenvalue weighted by atomic mass is 10.1. The minimum atomic E-state index is 0.218. The van der Waals surface area contributed by atoms with Crippen molar-refractivity contribution < 1.29 is 4.74 Å². The summed E-state index contributed by atoms with van der Waals surface area (Å²) in [5.74, 6) is 0.950. The number of hydrogen-bond donors (Lipinski definition) is 1. The van der Waals surface area contributed by atoms with Crippen LogP contribution in [-0.4, -0.2) is 11.6 Å². The minimum absolute atomic E-state index is 0.218. The molecule has 100 valence electrons. The number of nitrogens with zero attached hydrogens (tertiary/aromatic N) is 1. The molecule has 2 aromatic rings. The zero-order valence-corrected chi connectivity index (χ0v) is 11.5. The van der Waals surface area contributed by atoms with E-state index in [4.69, 9.17) is 4.74 Å². The Kier molecular flexibility index (Phi) is 4.93. The van der Waals surface area contributed by atoms with Crippen LogP contribution in [0.25, 0.3) is 0 Å². The lowest BCUT2D eigenvalue weighted by Gasteiger charge is -2.15. The summed E-state index contributed by atoms with van der Waals surface area (Å²) in [6.45, 7) is 5.58. The summed E-state index contributed by atoms with van der Waals surface area (Å²) in [6, 6.07) is 14.3. The van der Waals surface area contributed by atoms with E-state index in [0.29, 0.717) is 6.61 Å². The number of ether oxygens (including phenoxy) is 1. The fourth-order valence-electron chi connectivity index (χ4n) is 1.95. The van der Waals surface area contributed by atoms with Gasteiger partial charge in [0.15, 0.2) is 0 Å². The number of benzene rings is 1. The van der Waals surface area contributed by atoms with E-state index < -0.39 is 0 Å². The molecule has 0 aliphatic rings. The van der Waals surface area contributed by atoms with Gasteiger partial charge in [0.2, 0.25) is 0 Å². The van der Waals surface area contributed by atoms with Gasteiger partial charge in [-0.25, -0.2) is 0 Å². The first-order valence-corrected chi connectivity index (χ1v) is 6.66. The molecule has 1 heterocycles. The average Bonchev–Trinajstić information content (AvgIpc) is 2.47. The standard InChI is InChI=1S/C16H20N2O/c1-3-19-16-10-5-4-8-14(16)12-18-13(2)15-9-6-7-11-17-15/h4-11,13,18H,3,12H2,1-2H3. The first-order valence-electron chi connectivity index (χ1n) is 6.66. The second kappa shape index (κ2) is 6.90. The SMILES string of the molecule is CCOc1ccccc1CNC(C)c1ccccn1. The quantitative estimate of drug-likeness (QED) is 0.860. The summed E-state index contributed by atoms with van der Waals surface area (Å²) < 4.78 is 5.62. The normalized spacial score (nSPS) is 12.1. The van der Waals surface area contributed by atoms with Crippen LogP contribution in [0.4, 0.5) is 0 Å². The second-order valence-corrected chi connectivity index (χ2v) is 4.40. The molecule has 0 fully saturated rings. The van der Waals surface area contributed by atoms with Gasteiger partial charge in [-0.05, 0) is 32.0 Å². The highest BCUT2D eigenvalue weighted by molar-refractivity contribution is 5.33. The molecule has 0 amide bonds. The zero-order chi connectivity index (χ0) is 13.5. The van der Waals surface area contributed by atoms with E-state index in [0.717, 1.165) is 18.0 Å². The third-order valence-corrected chi connectivity index (χ3v) is 3.00. The third-order valence-electron chi connectivity index (χ3n) is 3.00. The summed E-state index contributed by atoms with van der Waals surface area (Å²) in [5.41, 5.74) is 2.23. The van der Waals surface area contributed by atoms with Crippen molar-refractivity contribution in [2.45, 2.75) is 26.4 Å². The van der Waals surface area contributed by atoms with Gasteiger partial charge in [-0.15, -0.1) is 0 Å². The number of pyridine rings is 1. The molecular weight excluding hydrogens is 236 g/mol. The highest BCUT2D eigenvalue weighted by Crippen LogP contribution is 2.19. The lowest BCUT2D eigenvalue weighted by molar-refractivity contribution is 0.335. The molecule has 3 nitrogen and oxygen atoms in total. The monoisotopic (exact) mass is 256 g/mol. The van der Waals surface area contributed by atoms with E-state index in [-0.39, 0.29) is 6.04 Å². The van der Waals surface area contributed by atoms with Crippen LogP contribution in [0.2, 0.25) is 0 Å². The van der Waals surface area contributed by atoms with Crippen molar-refractivity contribution in [3.05, 3.63) is 59.9 Å². The molecule has 0 saturated heterocycles. The van der Waals surface area contributed by atoms with Gasteiger partial charge in [0.05, 0.1) is 12.3 Å².